The summed E-state index contributed by atoms with van der Waals surface area (Å²) in [7, 11) is 0. The molecular weight excluding hydrogens is 995 g/mol. The fourth-order valence-electron chi connectivity index (χ4n) is 7.83. The standard InChI is InChI=1S/C27H21N3O9.C24H18N2O6.C6H12/c31-19-7-1-4-16(22(19)34)25(37)28-13-10-14(29-26(38)17-5-2-8-20(32)23(17)35)12-15(11-13)30-27(39)18-6-3-9-21(33)24(18)36;27-19-11-3-7-15(21(19)29)23(31)25-17-9-1-5-13-14(17)6-2-10-18(13)26-24(32)16-8-4-12-20(28)22(16)30;1-4-5(2)6(4)3/h1-12,31-36H,(H,28,37)(H,29,38)(H,30,39);1-12,27-30H,(H,25,31)(H,26,32);4-6H,1-3H3. The maximum atomic E-state index is 12.8. The van der Waals surface area contributed by atoms with Crippen LogP contribution in [0.1, 0.15) is 72.6 Å². The maximum Gasteiger partial charge on any atom is 0.259 e. The summed E-state index contributed by atoms with van der Waals surface area (Å²) in [5.41, 5.74) is -0.0452. The van der Waals surface area contributed by atoms with Crippen molar-refractivity contribution in [3.8, 4) is 57.5 Å². The van der Waals surface area contributed by atoms with E-state index in [0.717, 1.165) is 17.8 Å². The summed E-state index contributed by atoms with van der Waals surface area (Å²) >= 11 is 0. The zero-order chi connectivity index (χ0) is 55.8. The number of fused-ring (bicyclic) bond motifs is 1. The highest BCUT2D eigenvalue weighted by Gasteiger charge is 2.38. The van der Waals surface area contributed by atoms with Crippen LogP contribution in [-0.2, 0) is 0 Å². The number of para-hydroxylation sites is 5. The van der Waals surface area contributed by atoms with Crippen molar-refractivity contribution in [1.29, 1.82) is 0 Å². The fraction of sp³-hybridized carbons (Fsp3) is 0.105. The van der Waals surface area contributed by atoms with E-state index < -0.39 is 87.0 Å². The molecular formula is C57H51N5O15. The Morgan fingerprint density at radius 1 is 0.299 bits per heavy atom. The van der Waals surface area contributed by atoms with E-state index in [4.69, 9.17) is 0 Å². The smallest absolute Gasteiger partial charge is 0.259 e. The minimum Gasteiger partial charge on any atom is -0.504 e. The van der Waals surface area contributed by atoms with Crippen LogP contribution in [0.3, 0.4) is 0 Å². The van der Waals surface area contributed by atoms with E-state index in [1.807, 2.05) is 0 Å². The molecule has 0 heterocycles. The molecule has 1 saturated carbocycles. The molecule has 0 aromatic heterocycles. The maximum absolute atomic E-state index is 12.8. The summed E-state index contributed by atoms with van der Waals surface area (Å²) in [5, 5.41) is 112. The largest absolute Gasteiger partial charge is 0.504 e. The van der Waals surface area contributed by atoms with Gasteiger partial charge in [0.1, 0.15) is 0 Å². The van der Waals surface area contributed by atoms with E-state index in [-0.39, 0.29) is 44.9 Å². The minimum atomic E-state index is -0.833. The number of phenols is 10. The third-order valence-corrected chi connectivity index (χ3v) is 12.8. The van der Waals surface area contributed by atoms with Gasteiger partial charge in [-0.15, -0.1) is 0 Å². The molecule has 1 aliphatic rings. The molecule has 0 bridgehead atoms. The van der Waals surface area contributed by atoms with Gasteiger partial charge < -0.3 is 77.6 Å². The van der Waals surface area contributed by atoms with Crippen molar-refractivity contribution in [2.24, 2.45) is 17.8 Å². The highest BCUT2D eigenvalue weighted by Crippen LogP contribution is 2.44. The first-order chi connectivity index (χ1) is 36.6. The van der Waals surface area contributed by atoms with Crippen molar-refractivity contribution in [1.82, 2.24) is 0 Å². The monoisotopic (exact) mass is 1050 g/mol. The lowest BCUT2D eigenvalue weighted by atomic mass is 10.1. The molecule has 5 amide bonds. The van der Waals surface area contributed by atoms with Crippen molar-refractivity contribution in [3.63, 3.8) is 0 Å². The van der Waals surface area contributed by atoms with Crippen molar-refractivity contribution in [2.75, 3.05) is 26.6 Å². The van der Waals surface area contributed by atoms with E-state index in [1.165, 1.54) is 109 Å². The quantitative estimate of drug-likeness (QED) is 0.0567. The predicted octanol–water partition coefficient (Wildman–Crippen LogP) is 9.75. The van der Waals surface area contributed by atoms with E-state index in [1.54, 1.807) is 36.4 Å². The lowest BCUT2D eigenvalue weighted by Gasteiger charge is -2.14. The SMILES string of the molecule is CC1C(C)C1C.O=C(Nc1cc(NC(=O)c2cccc(O)c2O)cc(NC(=O)c2cccc(O)c2O)c1)c1cccc(O)c1O.O=C(Nc1cccc2c(NC(=O)c3cccc(O)c3O)cccc12)c1cccc(O)c1O. The zero-order valence-corrected chi connectivity index (χ0v) is 41.1. The van der Waals surface area contributed by atoms with Crippen molar-refractivity contribution in [3.05, 3.63) is 173 Å². The first-order valence-corrected chi connectivity index (χ1v) is 23.4. The predicted molar refractivity (Wildman–Crippen MR) is 287 cm³/mol. The molecule has 0 saturated heterocycles. The number of carbonyl (C=O) groups excluding carboxylic acids is 5. The number of hydrogen-bond acceptors (Lipinski definition) is 15. The van der Waals surface area contributed by atoms with Gasteiger partial charge in [-0.3, -0.25) is 24.0 Å². The number of anilines is 5. The van der Waals surface area contributed by atoms with Crippen LogP contribution in [0.15, 0.2) is 146 Å². The van der Waals surface area contributed by atoms with E-state index in [9.17, 15) is 75.0 Å². The Balaban J connectivity index is 0.000000204. The topological polar surface area (TPSA) is 348 Å². The Bertz CT molecular complexity index is 3280. The Kier molecular flexibility index (Phi) is 16.2. The molecule has 0 radical (unpaired) electrons. The summed E-state index contributed by atoms with van der Waals surface area (Å²) in [5.74, 6) is -6.09. The van der Waals surface area contributed by atoms with Gasteiger partial charge in [0.05, 0.1) is 27.8 Å². The molecule has 9 rings (SSSR count). The number of phenolic OH excluding ortho intramolecular Hbond substituents is 10. The molecule has 1 aliphatic carbocycles. The van der Waals surface area contributed by atoms with E-state index in [0.29, 0.717) is 22.1 Å². The van der Waals surface area contributed by atoms with Gasteiger partial charge in [0.25, 0.3) is 29.5 Å². The number of benzene rings is 8. The van der Waals surface area contributed by atoms with Crippen LogP contribution in [0.5, 0.6) is 57.5 Å². The number of carbonyl (C=O) groups is 5. The van der Waals surface area contributed by atoms with Crippen LogP contribution < -0.4 is 26.6 Å². The van der Waals surface area contributed by atoms with Gasteiger partial charge in [-0.25, -0.2) is 0 Å². The summed E-state index contributed by atoms with van der Waals surface area (Å²) in [6.07, 6.45) is 0. The highest BCUT2D eigenvalue weighted by atomic mass is 16.3. The minimum absolute atomic E-state index is 0.0242. The molecule has 8 aromatic carbocycles. The van der Waals surface area contributed by atoms with Gasteiger partial charge >= 0.3 is 0 Å². The number of amides is 5. The van der Waals surface area contributed by atoms with Gasteiger partial charge in [0, 0.05) is 39.2 Å². The Hall–Kier alpha value is -10.6. The molecule has 77 heavy (non-hydrogen) atoms. The lowest BCUT2D eigenvalue weighted by molar-refractivity contribution is 0.101. The molecule has 0 spiro atoms. The number of rotatable bonds is 10. The third kappa shape index (κ3) is 12.4. The number of hydrogen-bond donors (Lipinski definition) is 15. The normalized spacial score (nSPS) is 14.0. The Labute approximate surface area is 438 Å². The van der Waals surface area contributed by atoms with Crippen LogP contribution >= 0.6 is 0 Å². The molecule has 0 aliphatic heterocycles. The van der Waals surface area contributed by atoms with Gasteiger partial charge in [0.2, 0.25) is 0 Å². The van der Waals surface area contributed by atoms with E-state index >= 15 is 0 Å². The van der Waals surface area contributed by atoms with Crippen molar-refractivity contribution in [2.45, 2.75) is 20.8 Å². The van der Waals surface area contributed by atoms with Gasteiger partial charge in [-0.05, 0) is 109 Å². The third-order valence-electron chi connectivity index (χ3n) is 12.8. The van der Waals surface area contributed by atoms with Crippen LogP contribution in [0.25, 0.3) is 10.8 Å². The van der Waals surface area contributed by atoms with Crippen LogP contribution in [0.4, 0.5) is 28.4 Å². The average Bonchev–Trinajstić information content (AvgIpc) is 3.94. The van der Waals surface area contributed by atoms with Crippen molar-refractivity contribution < 1.29 is 75.0 Å². The average molecular weight is 1050 g/mol. The molecule has 1 fully saturated rings. The molecule has 15 N–H and O–H groups in total. The summed E-state index contributed by atoms with van der Waals surface area (Å²) in [6.45, 7) is 6.94. The second-order valence-electron chi connectivity index (χ2n) is 17.7. The van der Waals surface area contributed by atoms with Gasteiger partial charge in [-0.2, -0.15) is 0 Å². The molecule has 20 nitrogen and oxygen atoms in total. The van der Waals surface area contributed by atoms with Crippen LogP contribution in [-0.4, -0.2) is 80.6 Å². The van der Waals surface area contributed by atoms with Gasteiger partial charge in [0.15, 0.2) is 57.5 Å². The highest BCUT2D eigenvalue weighted by molar-refractivity contribution is 6.16. The van der Waals surface area contributed by atoms with Crippen molar-refractivity contribution >= 4 is 68.7 Å². The molecule has 20 heteroatoms. The second-order valence-corrected chi connectivity index (χ2v) is 17.7. The number of aromatic hydroxyl groups is 10. The summed E-state index contributed by atoms with van der Waals surface area (Å²) in [6, 6.07) is 33.6. The summed E-state index contributed by atoms with van der Waals surface area (Å²) < 4.78 is 0. The van der Waals surface area contributed by atoms with Crippen LogP contribution in [0.2, 0.25) is 0 Å². The molecule has 394 valence electrons. The first-order valence-electron chi connectivity index (χ1n) is 23.4. The fourth-order valence-corrected chi connectivity index (χ4v) is 7.83. The second kappa shape index (κ2) is 23.1. The summed E-state index contributed by atoms with van der Waals surface area (Å²) in [4.78, 5) is 63.6. The molecule has 8 aromatic rings. The van der Waals surface area contributed by atoms with E-state index in [2.05, 4.69) is 47.4 Å². The van der Waals surface area contributed by atoms with Gasteiger partial charge in [-0.1, -0.05) is 75.4 Å². The molecule has 0 atom stereocenters. The Morgan fingerprint density at radius 3 is 0.727 bits per heavy atom. The molecule has 0 unspecified atom stereocenters. The Morgan fingerprint density at radius 2 is 0.506 bits per heavy atom. The zero-order valence-electron chi connectivity index (χ0n) is 41.1. The lowest BCUT2D eigenvalue weighted by Crippen LogP contribution is -2.16. The number of nitrogens with one attached hydrogen (secondary N) is 5. The first kappa shape index (κ1) is 54.2. The van der Waals surface area contributed by atoms with Crippen LogP contribution in [0, 0.1) is 17.8 Å².